The topological polar surface area (TPSA) is 104 Å². The molecule has 2 aliphatic rings. The average molecular weight is 485 g/mol. The van der Waals surface area contributed by atoms with Crippen LogP contribution in [0.25, 0.3) is 5.69 Å². The largest absolute Gasteiger partial charge is 0.492 e. The molecule has 10 nitrogen and oxygen atoms in total. The van der Waals surface area contributed by atoms with Gasteiger partial charge in [0, 0.05) is 23.4 Å². The van der Waals surface area contributed by atoms with Crippen LogP contribution >= 0.6 is 0 Å². The van der Waals surface area contributed by atoms with E-state index in [4.69, 9.17) is 14.2 Å². The molecule has 1 atom stereocenters. The van der Waals surface area contributed by atoms with Crippen molar-refractivity contribution in [2.24, 2.45) is 0 Å². The summed E-state index contributed by atoms with van der Waals surface area (Å²) in [6, 6.07) is 18.3. The Morgan fingerprint density at radius 1 is 1.11 bits per heavy atom. The van der Waals surface area contributed by atoms with E-state index in [2.05, 4.69) is 25.7 Å². The molecule has 36 heavy (non-hydrogen) atoms. The first-order valence-corrected chi connectivity index (χ1v) is 11.6. The van der Waals surface area contributed by atoms with Gasteiger partial charge < -0.3 is 19.5 Å². The summed E-state index contributed by atoms with van der Waals surface area (Å²) in [7, 11) is 3.66. The van der Waals surface area contributed by atoms with Gasteiger partial charge in [0.1, 0.15) is 6.04 Å². The minimum Gasteiger partial charge on any atom is -0.492 e. The molecule has 4 aromatic rings. The van der Waals surface area contributed by atoms with E-state index in [0.29, 0.717) is 34.3 Å². The van der Waals surface area contributed by atoms with Crippen LogP contribution in [-0.4, -0.2) is 58.5 Å². The normalized spacial score (nSPS) is 16.4. The number of nitrogens with zero attached hydrogens (tertiary/aromatic N) is 5. The van der Waals surface area contributed by atoms with Crippen LogP contribution in [0.4, 0.5) is 5.69 Å². The quantitative estimate of drug-likeness (QED) is 0.461. The van der Waals surface area contributed by atoms with Crippen molar-refractivity contribution in [3.8, 4) is 22.9 Å². The van der Waals surface area contributed by atoms with Crippen LogP contribution in [0.1, 0.15) is 33.4 Å². The van der Waals surface area contributed by atoms with Crippen LogP contribution in [0.2, 0.25) is 0 Å². The van der Waals surface area contributed by atoms with E-state index in [0.717, 1.165) is 29.8 Å². The molecule has 0 saturated carbocycles. The lowest BCUT2D eigenvalue weighted by Gasteiger charge is -2.34. The number of hydrogen-bond donors (Lipinski definition) is 1. The van der Waals surface area contributed by atoms with Gasteiger partial charge in [0.2, 0.25) is 12.5 Å². The zero-order chi connectivity index (χ0) is 24.6. The zero-order valence-electron chi connectivity index (χ0n) is 19.8. The summed E-state index contributed by atoms with van der Waals surface area (Å²) < 4.78 is 18.9. The molecule has 6 rings (SSSR count). The van der Waals surface area contributed by atoms with Crippen molar-refractivity contribution in [1.29, 1.82) is 0 Å². The van der Waals surface area contributed by atoms with Gasteiger partial charge in [-0.1, -0.05) is 24.3 Å². The van der Waals surface area contributed by atoms with Crippen molar-refractivity contribution < 1.29 is 19.0 Å². The standard InChI is InChI=1S/C26H24N6O4/c1-31-12-11-17-13-20-23(36-15-35-20)24(34-2)21(17)22(31)25-28-29-30-32(25)19-10-6-9-18(14-19)27-26(33)16-7-4-3-5-8-16/h3-10,13-14,22H,11-12,15H2,1-2H3,(H,27,33)/t22-/m0/s1. The van der Waals surface area contributed by atoms with Gasteiger partial charge >= 0.3 is 0 Å². The van der Waals surface area contributed by atoms with Crippen LogP contribution in [-0.2, 0) is 6.42 Å². The molecule has 1 aromatic heterocycles. The maximum absolute atomic E-state index is 12.7. The van der Waals surface area contributed by atoms with E-state index in [1.54, 1.807) is 23.9 Å². The molecule has 1 N–H and O–H groups in total. The van der Waals surface area contributed by atoms with Gasteiger partial charge in [0.25, 0.3) is 5.91 Å². The highest BCUT2D eigenvalue weighted by Gasteiger charge is 2.37. The smallest absolute Gasteiger partial charge is 0.255 e. The molecule has 0 saturated heterocycles. The van der Waals surface area contributed by atoms with Crippen molar-refractivity contribution in [3.05, 3.63) is 83.2 Å². The second kappa shape index (κ2) is 8.97. The Bertz CT molecular complexity index is 1440. The maximum atomic E-state index is 12.7. The average Bonchev–Trinajstić information content (AvgIpc) is 3.58. The third kappa shape index (κ3) is 3.72. The fourth-order valence-corrected chi connectivity index (χ4v) is 4.82. The summed E-state index contributed by atoms with van der Waals surface area (Å²) in [5, 5.41) is 15.7. The summed E-state index contributed by atoms with van der Waals surface area (Å²) in [6.45, 7) is 0.967. The Kier molecular flexibility index (Phi) is 5.49. The summed E-state index contributed by atoms with van der Waals surface area (Å²) in [5.41, 5.74) is 4.01. The van der Waals surface area contributed by atoms with Gasteiger partial charge in [0.15, 0.2) is 17.3 Å². The summed E-state index contributed by atoms with van der Waals surface area (Å²) in [5.74, 6) is 2.36. The number of nitrogens with one attached hydrogen (secondary N) is 1. The first-order chi connectivity index (χ1) is 17.6. The highest BCUT2D eigenvalue weighted by atomic mass is 16.7. The van der Waals surface area contributed by atoms with Crippen LogP contribution in [0, 0.1) is 0 Å². The SMILES string of the molecule is COc1c2c(cc3c1[C@@H](c1nnnn1-c1cccc(NC(=O)c4ccccc4)c1)N(C)CC3)OCO2. The molecule has 2 aliphatic heterocycles. The minimum absolute atomic E-state index is 0.161. The molecule has 10 heteroatoms. The van der Waals surface area contributed by atoms with Gasteiger partial charge in [-0.25, -0.2) is 0 Å². The van der Waals surface area contributed by atoms with Crippen molar-refractivity contribution in [3.63, 3.8) is 0 Å². The third-order valence-corrected chi connectivity index (χ3v) is 6.52. The lowest BCUT2D eigenvalue weighted by molar-refractivity contribution is 0.102. The molecule has 3 aromatic carbocycles. The number of aromatic nitrogens is 4. The highest BCUT2D eigenvalue weighted by molar-refractivity contribution is 6.04. The molecule has 3 heterocycles. The summed E-state index contributed by atoms with van der Waals surface area (Å²) >= 11 is 0. The van der Waals surface area contributed by atoms with E-state index >= 15 is 0 Å². The predicted octanol–water partition coefficient (Wildman–Crippen LogP) is 3.23. The number of methoxy groups -OCH3 is 1. The number of amides is 1. The molecular weight excluding hydrogens is 460 g/mol. The number of rotatable bonds is 5. The molecule has 0 unspecified atom stereocenters. The van der Waals surface area contributed by atoms with Crippen molar-refractivity contribution in [2.45, 2.75) is 12.5 Å². The number of carbonyl (C=O) groups is 1. The van der Waals surface area contributed by atoms with Crippen LogP contribution in [0.5, 0.6) is 17.2 Å². The van der Waals surface area contributed by atoms with Crippen LogP contribution < -0.4 is 19.5 Å². The fraction of sp³-hybridized carbons (Fsp3) is 0.231. The number of anilines is 1. The van der Waals surface area contributed by atoms with E-state index in [9.17, 15) is 4.79 Å². The number of ether oxygens (including phenoxy) is 3. The lowest BCUT2D eigenvalue weighted by Crippen LogP contribution is -2.35. The third-order valence-electron chi connectivity index (χ3n) is 6.52. The molecule has 1 amide bonds. The monoisotopic (exact) mass is 484 g/mol. The number of tetrazole rings is 1. The van der Waals surface area contributed by atoms with Gasteiger partial charge in [-0.3, -0.25) is 9.69 Å². The van der Waals surface area contributed by atoms with Crippen LogP contribution in [0.15, 0.2) is 60.7 Å². The van der Waals surface area contributed by atoms with Gasteiger partial charge in [-0.05, 0) is 65.9 Å². The Morgan fingerprint density at radius 3 is 2.81 bits per heavy atom. The first kappa shape index (κ1) is 22.1. The Morgan fingerprint density at radius 2 is 1.97 bits per heavy atom. The number of carbonyl (C=O) groups excluding carboxylic acids is 1. The van der Waals surface area contributed by atoms with Crippen molar-refractivity contribution in [1.82, 2.24) is 25.1 Å². The van der Waals surface area contributed by atoms with Crippen molar-refractivity contribution in [2.75, 3.05) is 32.8 Å². The van der Waals surface area contributed by atoms with Gasteiger partial charge in [-0.15, -0.1) is 5.10 Å². The molecule has 0 spiro atoms. The second-order valence-corrected chi connectivity index (χ2v) is 8.67. The van der Waals surface area contributed by atoms with E-state index in [1.807, 2.05) is 55.6 Å². The maximum Gasteiger partial charge on any atom is 0.255 e. The molecular formula is C26H24N6O4. The molecule has 0 radical (unpaired) electrons. The number of likely N-dealkylation sites (N-methyl/N-ethyl adjacent to an activating group) is 1. The predicted molar refractivity (Wildman–Crippen MR) is 131 cm³/mol. The number of fused-ring (bicyclic) bond motifs is 2. The molecule has 182 valence electrons. The lowest BCUT2D eigenvalue weighted by atomic mass is 9.90. The number of benzene rings is 3. The Hall–Kier alpha value is -4.44. The zero-order valence-corrected chi connectivity index (χ0v) is 19.8. The Labute approximate surface area is 207 Å². The van der Waals surface area contributed by atoms with Gasteiger partial charge in [-0.2, -0.15) is 4.68 Å². The van der Waals surface area contributed by atoms with Gasteiger partial charge in [0.05, 0.1) is 12.8 Å². The first-order valence-electron chi connectivity index (χ1n) is 11.6. The fourth-order valence-electron chi connectivity index (χ4n) is 4.82. The second-order valence-electron chi connectivity index (χ2n) is 8.67. The van der Waals surface area contributed by atoms with Crippen LogP contribution in [0.3, 0.4) is 0 Å². The molecule has 0 bridgehead atoms. The molecule has 0 fully saturated rings. The van der Waals surface area contributed by atoms with E-state index < -0.39 is 0 Å². The number of hydrogen-bond acceptors (Lipinski definition) is 8. The van der Waals surface area contributed by atoms with E-state index in [1.165, 1.54) is 0 Å². The highest BCUT2D eigenvalue weighted by Crippen LogP contribution is 2.50. The Balaban J connectivity index is 1.39. The molecule has 0 aliphatic carbocycles. The summed E-state index contributed by atoms with van der Waals surface area (Å²) in [4.78, 5) is 14.9. The van der Waals surface area contributed by atoms with Crippen molar-refractivity contribution >= 4 is 11.6 Å². The summed E-state index contributed by atoms with van der Waals surface area (Å²) in [6.07, 6.45) is 0.831. The van der Waals surface area contributed by atoms with E-state index in [-0.39, 0.29) is 18.7 Å². The minimum atomic E-state index is -0.282.